The van der Waals surface area contributed by atoms with Crippen LogP contribution < -0.4 is 4.74 Å². The number of carbonyl (C=O) groups excluding carboxylic acids is 1. The number of imidazole rings is 1. The zero-order chi connectivity index (χ0) is 33.2. The molecule has 0 radical (unpaired) electrons. The molecule has 1 aliphatic carbocycles. The number of aromatic carboxylic acids is 1. The van der Waals surface area contributed by atoms with Gasteiger partial charge in [-0.3, -0.25) is 4.79 Å². The zero-order valence-corrected chi connectivity index (χ0v) is 29.1. The average Bonchev–Trinajstić information content (AvgIpc) is 3.50. The number of halogens is 3. The molecule has 254 valence electrons. The van der Waals surface area contributed by atoms with Crippen molar-refractivity contribution in [3.63, 3.8) is 0 Å². The average molecular weight is 721 g/mol. The number of hydrogen-bond donors (Lipinski definition) is 1. The molecule has 0 atom stereocenters. The molecule has 5 aromatic rings. The maximum absolute atomic E-state index is 16.0. The minimum atomic E-state index is -1.03. The number of benzene rings is 4. The van der Waals surface area contributed by atoms with Crippen molar-refractivity contribution >= 4 is 58.7 Å². The summed E-state index contributed by atoms with van der Waals surface area (Å²) in [6, 6.07) is 23.0. The number of aromatic nitrogens is 2. The number of hydrogen-bond acceptors (Lipinski definition) is 5. The van der Waals surface area contributed by atoms with Crippen LogP contribution in [0.25, 0.3) is 33.5 Å². The molecule has 7 nitrogen and oxygen atoms in total. The standard InChI is InChI=1S/C38H35ClFN3O4S.ClH/c39-28-10-6-24(7-11-28)31-13-8-25(37(44)42-16-18-48-19-17-42)20-27(31)23-47-30-12-14-32(33(40)22-30)36-41-34-21-26(38(45)46)9-15-35(34)43(36)29-4-2-1-3-5-29;/h6-15,20-22,29H,1-5,16-19,23H2,(H,45,46);1H. The third-order valence-corrected chi connectivity index (χ3v) is 10.5. The lowest BCUT2D eigenvalue weighted by molar-refractivity contribution is 0.0696. The number of carboxylic acids is 1. The summed E-state index contributed by atoms with van der Waals surface area (Å²) in [5.74, 6) is 1.15. The van der Waals surface area contributed by atoms with Gasteiger partial charge in [0.05, 0.1) is 22.2 Å². The lowest BCUT2D eigenvalue weighted by Crippen LogP contribution is -2.37. The molecule has 1 saturated heterocycles. The van der Waals surface area contributed by atoms with E-state index in [-0.39, 0.29) is 36.5 Å². The fourth-order valence-corrected chi connectivity index (χ4v) is 7.79. The van der Waals surface area contributed by atoms with Gasteiger partial charge in [0.2, 0.25) is 0 Å². The van der Waals surface area contributed by atoms with Crippen LogP contribution in [0.1, 0.15) is 64.4 Å². The molecule has 2 aliphatic rings. The Hall–Kier alpha value is -4.05. The fraction of sp³-hybridized carbons (Fsp3) is 0.289. The third-order valence-electron chi connectivity index (χ3n) is 9.26. The van der Waals surface area contributed by atoms with Crippen molar-refractivity contribution in [1.82, 2.24) is 14.5 Å². The van der Waals surface area contributed by atoms with E-state index in [1.54, 1.807) is 30.3 Å². The van der Waals surface area contributed by atoms with Crippen LogP contribution in [0.4, 0.5) is 4.39 Å². The molecule has 0 spiro atoms. The highest BCUT2D eigenvalue weighted by Gasteiger charge is 2.25. The van der Waals surface area contributed by atoms with E-state index in [4.69, 9.17) is 21.3 Å². The first kappa shape index (κ1) is 34.8. The molecule has 1 aromatic heterocycles. The Kier molecular flexibility index (Phi) is 10.8. The Morgan fingerprint density at radius 2 is 1.61 bits per heavy atom. The normalized spacial score (nSPS) is 15.2. The number of carboxylic acid groups (broad SMARTS) is 1. The van der Waals surface area contributed by atoms with Crippen molar-refractivity contribution < 1.29 is 23.8 Å². The van der Waals surface area contributed by atoms with Crippen LogP contribution in [0.3, 0.4) is 0 Å². The summed E-state index contributed by atoms with van der Waals surface area (Å²) in [7, 11) is 0. The van der Waals surface area contributed by atoms with E-state index in [9.17, 15) is 14.7 Å². The molecule has 0 bridgehead atoms. The highest BCUT2D eigenvalue weighted by Crippen LogP contribution is 2.38. The number of amides is 1. The first-order chi connectivity index (χ1) is 23.4. The van der Waals surface area contributed by atoms with Gasteiger partial charge in [-0.1, -0.05) is 49.1 Å². The molecule has 0 unspecified atom stereocenters. The van der Waals surface area contributed by atoms with E-state index < -0.39 is 11.8 Å². The van der Waals surface area contributed by atoms with Crippen LogP contribution >= 0.6 is 35.8 Å². The molecule has 2 fully saturated rings. The van der Waals surface area contributed by atoms with Crippen molar-refractivity contribution in [2.45, 2.75) is 44.8 Å². The molecule has 11 heteroatoms. The van der Waals surface area contributed by atoms with E-state index in [1.807, 2.05) is 59.1 Å². The number of rotatable bonds is 8. The van der Waals surface area contributed by atoms with Crippen molar-refractivity contribution in [3.8, 4) is 28.3 Å². The van der Waals surface area contributed by atoms with E-state index in [0.29, 0.717) is 33.2 Å². The number of nitrogens with zero attached hydrogens (tertiary/aromatic N) is 3. The Morgan fingerprint density at radius 1 is 0.898 bits per heavy atom. The Labute approximate surface area is 299 Å². The summed E-state index contributed by atoms with van der Waals surface area (Å²) in [6.45, 7) is 1.55. The fourth-order valence-electron chi connectivity index (χ4n) is 6.76. The Morgan fingerprint density at radius 3 is 2.33 bits per heavy atom. The first-order valence-corrected chi connectivity index (χ1v) is 17.8. The van der Waals surface area contributed by atoms with E-state index in [2.05, 4.69) is 4.57 Å². The number of fused-ring (bicyclic) bond motifs is 1. The molecule has 1 amide bonds. The maximum Gasteiger partial charge on any atom is 0.335 e. The van der Waals surface area contributed by atoms with E-state index >= 15 is 4.39 Å². The van der Waals surface area contributed by atoms with Crippen LogP contribution in [-0.4, -0.2) is 56.0 Å². The topological polar surface area (TPSA) is 84.7 Å². The predicted molar refractivity (Wildman–Crippen MR) is 196 cm³/mol. The SMILES string of the molecule is Cl.O=C(O)c1ccc2c(c1)nc(-c1ccc(OCc3cc(C(=O)N4CCSCC4)ccc3-c3ccc(Cl)cc3)cc1F)n2C1CCCCC1. The highest BCUT2D eigenvalue weighted by molar-refractivity contribution is 7.99. The second-order valence-electron chi connectivity index (χ2n) is 12.3. The summed E-state index contributed by atoms with van der Waals surface area (Å²) in [4.78, 5) is 31.7. The largest absolute Gasteiger partial charge is 0.489 e. The maximum atomic E-state index is 16.0. The molecule has 1 aliphatic heterocycles. The van der Waals surface area contributed by atoms with Gasteiger partial charge < -0.3 is 19.3 Å². The lowest BCUT2D eigenvalue weighted by Gasteiger charge is -2.26. The van der Waals surface area contributed by atoms with Gasteiger partial charge >= 0.3 is 5.97 Å². The van der Waals surface area contributed by atoms with Crippen LogP contribution in [0.15, 0.2) is 78.9 Å². The first-order valence-electron chi connectivity index (χ1n) is 16.3. The van der Waals surface area contributed by atoms with Gasteiger partial charge in [-0.2, -0.15) is 11.8 Å². The lowest BCUT2D eigenvalue weighted by atomic mass is 9.94. The number of ether oxygens (including phenoxy) is 1. The summed E-state index contributed by atoms with van der Waals surface area (Å²) < 4.78 is 24.3. The Bertz CT molecular complexity index is 1990. The van der Waals surface area contributed by atoms with Gasteiger partial charge in [-0.05, 0) is 84.1 Å². The van der Waals surface area contributed by atoms with Crippen molar-refractivity contribution in [3.05, 3.63) is 106 Å². The summed E-state index contributed by atoms with van der Waals surface area (Å²) in [5.41, 5.74) is 5.02. The molecule has 2 heterocycles. The summed E-state index contributed by atoms with van der Waals surface area (Å²) in [6.07, 6.45) is 5.23. The quantitative estimate of drug-likeness (QED) is 0.172. The van der Waals surface area contributed by atoms with Gasteiger partial charge in [0.15, 0.2) is 0 Å². The second-order valence-corrected chi connectivity index (χ2v) is 14.0. The van der Waals surface area contributed by atoms with Crippen LogP contribution in [-0.2, 0) is 6.61 Å². The monoisotopic (exact) mass is 719 g/mol. The summed E-state index contributed by atoms with van der Waals surface area (Å²) in [5, 5.41) is 10.2. The molecule has 7 rings (SSSR count). The number of carbonyl (C=O) groups is 2. The van der Waals surface area contributed by atoms with Crippen molar-refractivity contribution in [2.75, 3.05) is 24.6 Å². The van der Waals surface area contributed by atoms with Crippen LogP contribution in [0.2, 0.25) is 5.02 Å². The molecule has 1 N–H and O–H groups in total. The van der Waals surface area contributed by atoms with Gasteiger partial charge in [0.25, 0.3) is 5.91 Å². The second kappa shape index (κ2) is 15.2. The van der Waals surface area contributed by atoms with Crippen molar-refractivity contribution in [1.29, 1.82) is 0 Å². The predicted octanol–water partition coefficient (Wildman–Crippen LogP) is 9.56. The minimum Gasteiger partial charge on any atom is -0.489 e. The number of thioether (sulfide) groups is 1. The van der Waals surface area contributed by atoms with Gasteiger partial charge in [-0.15, -0.1) is 12.4 Å². The molecule has 4 aromatic carbocycles. The van der Waals surface area contributed by atoms with Gasteiger partial charge in [-0.25, -0.2) is 14.2 Å². The molecular formula is C38H36Cl2FN3O4S. The van der Waals surface area contributed by atoms with Gasteiger partial charge in [0.1, 0.15) is 24.0 Å². The van der Waals surface area contributed by atoms with Crippen LogP contribution in [0.5, 0.6) is 5.75 Å². The Balaban J connectivity index is 0.00000417. The molecule has 49 heavy (non-hydrogen) atoms. The zero-order valence-electron chi connectivity index (χ0n) is 26.7. The van der Waals surface area contributed by atoms with E-state index in [0.717, 1.165) is 78.9 Å². The highest BCUT2D eigenvalue weighted by atomic mass is 35.5. The molecular weight excluding hydrogens is 684 g/mol. The minimum absolute atomic E-state index is 0. The summed E-state index contributed by atoms with van der Waals surface area (Å²) >= 11 is 8.01. The van der Waals surface area contributed by atoms with Gasteiger partial charge in [0, 0.05) is 47.3 Å². The van der Waals surface area contributed by atoms with Crippen LogP contribution in [0, 0.1) is 5.82 Å². The van der Waals surface area contributed by atoms with Crippen molar-refractivity contribution in [2.24, 2.45) is 0 Å². The molecule has 1 saturated carbocycles. The smallest absolute Gasteiger partial charge is 0.335 e. The third kappa shape index (κ3) is 7.44. The van der Waals surface area contributed by atoms with E-state index in [1.165, 1.54) is 6.07 Å².